The van der Waals surface area contributed by atoms with E-state index in [4.69, 9.17) is 4.74 Å². The summed E-state index contributed by atoms with van der Waals surface area (Å²) in [5.41, 5.74) is 7.90. The summed E-state index contributed by atoms with van der Waals surface area (Å²) in [5.74, 6) is -1.18. The van der Waals surface area contributed by atoms with E-state index >= 15 is 0 Å². The second kappa shape index (κ2) is 17.0. The number of halogens is 4. The zero-order valence-electron chi connectivity index (χ0n) is 31.7. The van der Waals surface area contributed by atoms with Crippen molar-refractivity contribution >= 4 is 22.7 Å². The summed E-state index contributed by atoms with van der Waals surface area (Å²) in [6, 6.07) is 28.2. The summed E-state index contributed by atoms with van der Waals surface area (Å²) >= 11 is 0. The molecular weight excluding hydrogens is 733 g/mol. The normalized spacial score (nSPS) is 24.1. The Morgan fingerprint density at radius 1 is 0.491 bits per heavy atom. The molecule has 0 bridgehead atoms. The van der Waals surface area contributed by atoms with Gasteiger partial charge in [0.15, 0.2) is 0 Å². The molecule has 6 nitrogen and oxygen atoms in total. The largest absolute Gasteiger partial charge is 0.390 e. The topological polar surface area (TPSA) is 76.4 Å². The number of hydrogen-bond acceptors (Lipinski definition) is 6. The van der Waals surface area contributed by atoms with Gasteiger partial charge in [0.25, 0.3) is 0 Å². The van der Waals surface area contributed by atoms with Crippen LogP contribution in [0.5, 0.6) is 0 Å². The highest BCUT2D eigenvalue weighted by Gasteiger charge is 2.40. The van der Waals surface area contributed by atoms with Gasteiger partial charge in [-0.3, -0.25) is 0 Å². The summed E-state index contributed by atoms with van der Waals surface area (Å²) in [5, 5.41) is 32.1. The van der Waals surface area contributed by atoms with Crippen molar-refractivity contribution in [1.82, 2.24) is 0 Å². The first-order chi connectivity index (χ1) is 27.6. The van der Waals surface area contributed by atoms with Crippen molar-refractivity contribution in [1.29, 1.82) is 0 Å². The second-order valence-electron chi connectivity index (χ2n) is 15.7. The van der Waals surface area contributed by atoms with Crippen molar-refractivity contribution in [3.63, 3.8) is 0 Å². The van der Waals surface area contributed by atoms with Crippen LogP contribution in [0.1, 0.15) is 66.3 Å². The minimum Gasteiger partial charge on any atom is -0.390 e. The molecule has 10 heteroatoms. The number of ether oxygens (including phenoxy) is 1. The van der Waals surface area contributed by atoms with Crippen LogP contribution in [0, 0.1) is 23.3 Å². The van der Waals surface area contributed by atoms with E-state index in [0.717, 1.165) is 76.3 Å². The summed E-state index contributed by atoms with van der Waals surface area (Å²) in [7, 11) is 0. The van der Waals surface area contributed by atoms with Crippen molar-refractivity contribution in [3.05, 3.63) is 154 Å². The highest BCUT2D eigenvalue weighted by atomic mass is 19.1. The Bertz CT molecular complexity index is 2080. The van der Waals surface area contributed by atoms with Gasteiger partial charge in [0.2, 0.25) is 0 Å². The maximum Gasteiger partial charge on any atom is 0.123 e. The SMILES string of the molecule is O[C@@H]1[C@H](O)CCC[C@H]1N1c2ccc(F)cc2CCc2cc(F)ccc21.O[C@H]1[C@H](N2c3ccc(F)cc3CCc3cc(F)ccc32)CCC[C@H]1OCc1ccccc1. The van der Waals surface area contributed by atoms with Crippen LogP contribution < -0.4 is 9.80 Å². The maximum atomic E-state index is 14.0. The number of aliphatic hydroxyl groups excluding tert-OH is 3. The predicted octanol–water partition coefficient (Wildman–Crippen LogP) is 9.18. The van der Waals surface area contributed by atoms with Gasteiger partial charge in [0, 0.05) is 22.7 Å². The van der Waals surface area contributed by atoms with Gasteiger partial charge < -0.3 is 29.9 Å². The minimum atomic E-state index is -0.900. The number of anilines is 4. The highest BCUT2D eigenvalue weighted by molar-refractivity contribution is 5.73. The predicted molar refractivity (Wildman–Crippen MR) is 213 cm³/mol. The molecule has 2 aliphatic carbocycles. The Morgan fingerprint density at radius 2 is 0.895 bits per heavy atom. The number of benzene rings is 5. The minimum absolute atomic E-state index is 0.240. The first-order valence-electron chi connectivity index (χ1n) is 20.1. The number of aliphatic hydroxyl groups is 3. The standard InChI is InChI=1S/C27H27F2NO2.C20H21F2NO2/c28-21-11-13-23-19(15-21)9-10-20-16-22(29)12-14-24(20)30(23)25-7-4-8-26(27(25)31)32-17-18-5-2-1-3-6-18;21-14-6-8-16-12(10-14)4-5-13-11-15(22)7-9-17(13)23(16)18-2-1-3-19(24)20(18)25/h1-3,5-6,11-16,25-27,31H,4,7-10,17H2;6-11,18-20,24-25H,1-5H2/t25-,26-,27+;18-,19-,20+/m11/s1. The zero-order chi connectivity index (χ0) is 39.6. The fourth-order valence-electron chi connectivity index (χ4n) is 9.24. The molecule has 0 spiro atoms. The van der Waals surface area contributed by atoms with E-state index < -0.39 is 18.3 Å². The molecule has 0 radical (unpaired) electrons. The average Bonchev–Trinajstić information content (AvgIpc) is 3.46. The number of rotatable bonds is 5. The van der Waals surface area contributed by atoms with Gasteiger partial charge in [0.05, 0.1) is 30.9 Å². The van der Waals surface area contributed by atoms with Gasteiger partial charge in [0.1, 0.15) is 35.5 Å². The molecule has 9 rings (SSSR count). The van der Waals surface area contributed by atoms with Crippen LogP contribution in [-0.2, 0) is 37.0 Å². The zero-order valence-corrected chi connectivity index (χ0v) is 31.7. The fraction of sp³-hybridized carbons (Fsp3) is 0.362. The van der Waals surface area contributed by atoms with E-state index in [2.05, 4.69) is 4.90 Å². The molecule has 3 N–H and O–H groups in total. The lowest BCUT2D eigenvalue weighted by molar-refractivity contribution is -0.0739. The van der Waals surface area contributed by atoms with Crippen LogP contribution in [0.2, 0.25) is 0 Å². The van der Waals surface area contributed by atoms with Crippen LogP contribution in [0.4, 0.5) is 40.3 Å². The Kier molecular flexibility index (Phi) is 11.7. The lowest BCUT2D eigenvalue weighted by atomic mass is 9.87. The van der Waals surface area contributed by atoms with E-state index in [0.29, 0.717) is 45.1 Å². The summed E-state index contributed by atoms with van der Waals surface area (Å²) in [4.78, 5) is 4.07. The third-order valence-corrected chi connectivity index (χ3v) is 12.1. The van der Waals surface area contributed by atoms with Crippen molar-refractivity contribution in [3.8, 4) is 0 Å². The Morgan fingerprint density at radius 3 is 1.33 bits per heavy atom. The second-order valence-corrected chi connectivity index (χ2v) is 15.7. The molecule has 0 unspecified atom stereocenters. The molecule has 298 valence electrons. The molecule has 2 heterocycles. The Hall–Kier alpha value is -4.74. The van der Waals surface area contributed by atoms with Crippen molar-refractivity contribution in [2.45, 2.75) is 107 Å². The first-order valence-corrected chi connectivity index (χ1v) is 20.1. The fourth-order valence-corrected chi connectivity index (χ4v) is 9.24. The first kappa shape index (κ1) is 39.1. The number of aryl methyl sites for hydroxylation is 4. The molecule has 5 aromatic rings. The van der Waals surface area contributed by atoms with E-state index in [1.165, 1.54) is 36.4 Å². The van der Waals surface area contributed by atoms with Crippen LogP contribution in [0.15, 0.2) is 103 Å². The third kappa shape index (κ3) is 8.32. The number of nitrogens with zero attached hydrogens (tertiary/aromatic N) is 2. The van der Waals surface area contributed by atoms with Crippen molar-refractivity contribution < 1.29 is 37.6 Å². The highest BCUT2D eigenvalue weighted by Crippen LogP contribution is 2.43. The third-order valence-electron chi connectivity index (χ3n) is 12.1. The number of hydrogen-bond donors (Lipinski definition) is 3. The smallest absolute Gasteiger partial charge is 0.123 e. The molecule has 0 amide bonds. The van der Waals surface area contributed by atoms with Crippen LogP contribution in [0.25, 0.3) is 0 Å². The van der Waals surface area contributed by atoms with Crippen molar-refractivity contribution in [2.75, 3.05) is 9.80 Å². The maximum absolute atomic E-state index is 14.0. The monoisotopic (exact) mass is 780 g/mol. The van der Waals surface area contributed by atoms with Gasteiger partial charge in [-0.1, -0.05) is 30.3 Å². The lowest BCUT2D eigenvalue weighted by Gasteiger charge is -2.43. The molecule has 2 aliphatic heterocycles. The quantitative estimate of drug-likeness (QED) is 0.155. The molecule has 5 aromatic carbocycles. The van der Waals surface area contributed by atoms with E-state index in [1.807, 2.05) is 35.2 Å². The van der Waals surface area contributed by atoms with Crippen LogP contribution >= 0.6 is 0 Å². The average molecular weight is 781 g/mol. The molecule has 0 aromatic heterocycles. The molecule has 2 saturated carbocycles. The molecule has 6 atom stereocenters. The molecule has 57 heavy (non-hydrogen) atoms. The summed E-state index contributed by atoms with van der Waals surface area (Å²) in [6.45, 7) is 0.443. The molecule has 0 saturated heterocycles. The molecule has 2 fully saturated rings. The molecule has 4 aliphatic rings. The van der Waals surface area contributed by atoms with Crippen LogP contribution in [0.3, 0.4) is 0 Å². The Balaban J connectivity index is 0.000000165. The summed E-state index contributed by atoms with van der Waals surface area (Å²) in [6.07, 6.45) is 4.29. The van der Waals surface area contributed by atoms with Crippen molar-refractivity contribution in [2.24, 2.45) is 0 Å². The number of fused-ring (bicyclic) bond motifs is 4. The van der Waals surface area contributed by atoms with Gasteiger partial charge in [-0.05, 0) is 165 Å². The van der Waals surface area contributed by atoms with Gasteiger partial charge in [-0.25, -0.2) is 17.6 Å². The van der Waals surface area contributed by atoms with E-state index in [9.17, 15) is 32.9 Å². The van der Waals surface area contributed by atoms with Crippen LogP contribution in [-0.4, -0.2) is 51.8 Å². The van der Waals surface area contributed by atoms with Gasteiger partial charge in [-0.2, -0.15) is 0 Å². The van der Waals surface area contributed by atoms with Gasteiger partial charge >= 0.3 is 0 Å². The molecular formula is C47H48F4N2O4. The summed E-state index contributed by atoms with van der Waals surface area (Å²) < 4.78 is 61.8. The Labute approximate surface area is 331 Å². The van der Waals surface area contributed by atoms with Gasteiger partial charge in [-0.15, -0.1) is 0 Å². The van der Waals surface area contributed by atoms with E-state index in [-0.39, 0.29) is 41.5 Å². The van der Waals surface area contributed by atoms with E-state index in [1.54, 1.807) is 36.4 Å². The lowest BCUT2D eigenvalue weighted by Crippen LogP contribution is -2.50.